The monoisotopic (exact) mass is 473 g/mol. The van der Waals surface area contributed by atoms with Crippen LogP contribution in [-0.2, 0) is 4.79 Å². The Morgan fingerprint density at radius 1 is 1.12 bits per heavy atom. The van der Waals surface area contributed by atoms with Crippen LogP contribution in [0.25, 0.3) is 0 Å². The summed E-state index contributed by atoms with van der Waals surface area (Å²) in [4.78, 5) is 13.6. The Morgan fingerprint density at radius 3 is 2.76 bits per heavy atom. The van der Waals surface area contributed by atoms with Crippen molar-refractivity contribution in [3.05, 3.63) is 24.0 Å². The summed E-state index contributed by atoms with van der Waals surface area (Å²) in [6.45, 7) is 4.38. The van der Waals surface area contributed by atoms with Crippen LogP contribution in [0.15, 0.2) is 18.2 Å². The molecule has 0 amide bonds. The zero-order valence-electron chi connectivity index (χ0n) is 20.2. The first kappa shape index (κ1) is 22.7. The molecule has 5 nitrogen and oxygen atoms in total. The number of nitrogens with zero attached hydrogens (tertiary/aromatic N) is 1. The minimum Gasteiger partial charge on any atom is -0.390 e. The summed E-state index contributed by atoms with van der Waals surface area (Å²) in [5, 5.41) is 12.3. The molecule has 34 heavy (non-hydrogen) atoms. The van der Waals surface area contributed by atoms with Crippen LogP contribution in [0.1, 0.15) is 71.6 Å². The molecule has 4 saturated carbocycles. The smallest absolute Gasteiger partial charge is 0.157 e. The van der Waals surface area contributed by atoms with Crippen molar-refractivity contribution in [3.63, 3.8) is 0 Å². The number of halogens is 2. The molecule has 1 unspecified atom stereocenters. The van der Waals surface area contributed by atoms with Crippen LogP contribution in [0, 0.1) is 40.8 Å². The van der Waals surface area contributed by atoms with E-state index < -0.39 is 11.3 Å². The molecule has 1 aromatic carbocycles. The van der Waals surface area contributed by atoms with Crippen LogP contribution in [0.3, 0.4) is 0 Å². The van der Waals surface area contributed by atoms with Gasteiger partial charge in [-0.1, -0.05) is 6.92 Å². The Bertz CT molecular complexity index is 1000. The zero-order chi connectivity index (χ0) is 23.9. The Balaban J connectivity index is 1.18. The number of carbonyl (C=O) groups excluding carboxylic acids is 1. The number of ketones is 1. The quantitative estimate of drug-likeness (QED) is 0.566. The van der Waals surface area contributed by atoms with Gasteiger partial charge in [-0.05, 0) is 106 Å². The number of carbonyl (C=O) groups is 1. The Hall–Kier alpha value is -1.73. The predicted molar refractivity (Wildman–Crippen MR) is 127 cm³/mol. The van der Waals surface area contributed by atoms with Crippen molar-refractivity contribution in [1.29, 1.82) is 0 Å². The standard InChI is InChI=1S/C27H37F2N3O2/c1-25(34)11-12-27(29)16(14-25)3-5-18-19-6-7-21(26(19,2)10-9-20(18)27)24(33)15-32-23-8-4-17(28)13-22(23)30-31-32/h4,8,13,16,18-21,30-31,34H,3,5-7,9-12,14-15H2,1-2H3/t16-,18?,19+,20+,21-,25-,26+,27-/m1/s1. The Labute approximate surface area is 200 Å². The van der Waals surface area contributed by atoms with Crippen LogP contribution in [0.2, 0.25) is 0 Å². The lowest BCUT2D eigenvalue weighted by molar-refractivity contribution is -0.165. The van der Waals surface area contributed by atoms with Gasteiger partial charge in [-0.3, -0.25) is 9.80 Å². The van der Waals surface area contributed by atoms with Crippen molar-refractivity contribution >= 4 is 17.2 Å². The number of fused-ring (bicyclic) bond motifs is 6. The maximum atomic E-state index is 16.5. The summed E-state index contributed by atoms with van der Waals surface area (Å²) in [6, 6.07) is 4.53. The van der Waals surface area contributed by atoms with Gasteiger partial charge in [0.2, 0.25) is 0 Å². The Morgan fingerprint density at radius 2 is 1.94 bits per heavy atom. The van der Waals surface area contributed by atoms with Crippen molar-refractivity contribution in [1.82, 2.24) is 5.53 Å². The van der Waals surface area contributed by atoms with Gasteiger partial charge >= 0.3 is 0 Å². The molecule has 1 aliphatic heterocycles. The maximum Gasteiger partial charge on any atom is 0.157 e. The van der Waals surface area contributed by atoms with Crippen molar-refractivity contribution < 1.29 is 18.7 Å². The highest BCUT2D eigenvalue weighted by Crippen LogP contribution is 2.66. The van der Waals surface area contributed by atoms with E-state index in [1.54, 1.807) is 11.1 Å². The first-order chi connectivity index (χ1) is 16.1. The Kier molecular flexibility index (Phi) is 5.10. The maximum absolute atomic E-state index is 16.5. The summed E-state index contributed by atoms with van der Waals surface area (Å²) < 4.78 is 30.1. The minimum absolute atomic E-state index is 0.0230. The molecule has 8 atom stereocenters. The number of hydrogen-bond donors (Lipinski definition) is 3. The van der Waals surface area contributed by atoms with E-state index in [-0.39, 0.29) is 41.3 Å². The van der Waals surface area contributed by atoms with Gasteiger partial charge in [-0.2, -0.15) is 0 Å². The zero-order valence-corrected chi connectivity index (χ0v) is 20.2. The third-order valence-corrected chi connectivity index (χ3v) is 10.6. The lowest BCUT2D eigenvalue weighted by atomic mass is 9.48. The molecule has 1 heterocycles. The minimum atomic E-state index is -1.15. The highest BCUT2D eigenvalue weighted by atomic mass is 19.1. The number of rotatable bonds is 3. The highest BCUT2D eigenvalue weighted by Gasteiger charge is 2.63. The van der Waals surface area contributed by atoms with Gasteiger partial charge in [0.15, 0.2) is 5.78 Å². The van der Waals surface area contributed by atoms with Crippen molar-refractivity contribution in [2.45, 2.75) is 82.9 Å². The average molecular weight is 474 g/mol. The van der Waals surface area contributed by atoms with E-state index in [0.717, 1.165) is 44.2 Å². The fourth-order valence-electron chi connectivity index (χ4n) is 8.93. The van der Waals surface area contributed by atoms with Crippen LogP contribution >= 0.6 is 0 Å². The SMILES string of the molecule is C[C@@]1(O)CC[C@@]2(F)[C@H](CCC3[C@@H]4CC[C@H](C(=O)CN5NNc6cc(F)ccc65)[C@@]4(C)CC[C@@H]32)C1. The van der Waals surface area contributed by atoms with Gasteiger partial charge in [0.1, 0.15) is 11.5 Å². The molecule has 6 rings (SSSR count). The second-order valence-corrected chi connectivity index (χ2v) is 12.4. The number of benzene rings is 1. The number of nitrogens with one attached hydrogen (secondary N) is 2. The van der Waals surface area contributed by atoms with Gasteiger partial charge in [-0.15, -0.1) is 5.53 Å². The van der Waals surface area contributed by atoms with E-state index >= 15 is 4.39 Å². The fraction of sp³-hybridized carbons (Fsp3) is 0.741. The summed E-state index contributed by atoms with van der Waals surface area (Å²) in [5.41, 5.74) is 5.40. The lowest BCUT2D eigenvalue weighted by Crippen LogP contribution is -2.58. The molecule has 0 radical (unpaired) electrons. The van der Waals surface area contributed by atoms with Crippen LogP contribution in [0.4, 0.5) is 20.2 Å². The van der Waals surface area contributed by atoms with Crippen LogP contribution in [0.5, 0.6) is 0 Å². The lowest BCUT2D eigenvalue weighted by Gasteiger charge is -2.59. The molecule has 0 bridgehead atoms. The van der Waals surface area contributed by atoms with Gasteiger partial charge in [0.25, 0.3) is 0 Å². The molecule has 4 aliphatic carbocycles. The van der Waals surface area contributed by atoms with Crippen LogP contribution < -0.4 is 16.0 Å². The summed E-state index contributed by atoms with van der Waals surface area (Å²) in [5.74, 6) is 0.654. The second-order valence-electron chi connectivity index (χ2n) is 12.4. The normalized spacial score (nSPS) is 45.1. The van der Waals surface area contributed by atoms with Gasteiger partial charge < -0.3 is 10.5 Å². The molecular weight excluding hydrogens is 436 g/mol. The first-order valence-corrected chi connectivity index (χ1v) is 13.1. The molecule has 1 aromatic rings. The molecule has 0 aromatic heterocycles. The number of alkyl halides is 1. The molecule has 3 N–H and O–H groups in total. The molecule has 186 valence electrons. The topological polar surface area (TPSA) is 64.6 Å². The van der Waals surface area contributed by atoms with Gasteiger partial charge in [-0.25, -0.2) is 8.78 Å². The van der Waals surface area contributed by atoms with E-state index in [9.17, 15) is 14.3 Å². The largest absolute Gasteiger partial charge is 0.390 e. The van der Waals surface area contributed by atoms with E-state index in [1.165, 1.54) is 12.1 Å². The van der Waals surface area contributed by atoms with Gasteiger partial charge in [0, 0.05) is 12.0 Å². The van der Waals surface area contributed by atoms with Crippen molar-refractivity contribution in [2.75, 3.05) is 17.0 Å². The van der Waals surface area contributed by atoms with Crippen molar-refractivity contribution in [3.8, 4) is 0 Å². The van der Waals surface area contributed by atoms with E-state index in [2.05, 4.69) is 17.9 Å². The molecule has 7 heteroatoms. The summed E-state index contributed by atoms with van der Waals surface area (Å²) in [7, 11) is 0. The molecule has 0 saturated heterocycles. The third kappa shape index (κ3) is 3.33. The average Bonchev–Trinajstić information content (AvgIpc) is 3.34. The number of hydrogen-bond acceptors (Lipinski definition) is 5. The number of hydrazine groups is 2. The highest BCUT2D eigenvalue weighted by molar-refractivity contribution is 5.88. The molecule has 0 spiro atoms. The molecular formula is C27H37F2N3O2. The van der Waals surface area contributed by atoms with E-state index in [0.29, 0.717) is 36.8 Å². The van der Waals surface area contributed by atoms with Gasteiger partial charge in [0.05, 0.1) is 23.5 Å². The first-order valence-electron chi connectivity index (χ1n) is 13.1. The predicted octanol–water partition coefficient (Wildman–Crippen LogP) is 5.16. The third-order valence-electron chi connectivity index (χ3n) is 10.6. The summed E-state index contributed by atoms with van der Waals surface area (Å²) >= 11 is 0. The molecule has 5 aliphatic rings. The van der Waals surface area contributed by atoms with Crippen LogP contribution in [-0.4, -0.2) is 28.7 Å². The number of anilines is 2. The fourth-order valence-corrected chi connectivity index (χ4v) is 8.93. The number of Topliss-reactive ketones (excluding diaryl/α,β-unsaturated/α-hetero) is 1. The van der Waals surface area contributed by atoms with E-state index in [1.807, 2.05) is 6.92 Å². The second kappa shape index (κ2) is 7.63. The summed E-state index contributed by atoms with van der Waals surface area (Å²) in [6.07, 6.45) is 7.11. The number of aliphatic hydroxyl groups is 1. The molecule has 4 fully saturated rings. The van der Waals surface area contributed by atoms with Crippen molar-refractivity contribution in [2.24, 2.45) is 35.0 Å². The van der Waals surface area contributed by atoms with E-state index in [4.69, 9.17) is 0 Å².